The number of nitrogens with zero attached hydrogens (tertiary/aromatic N) is 1. The Morgan fingerprint density at radius 1 is 1.26 bits per heavy atom. The number of hydrogen-bond donors (Lipinski definition) is 2. The van der Waals surface area contributed by atoms with Gasteiger partial charge in [0.05, 0.1) is 4.90 Å². The van der Waals surface area contributed by atoms with E-state index in [2.05, 4.69) is 9.97 Å². The Kier molecular flexibility index (Phi) is 5.26. The molecule has 0 aliphatic heterocycles. The van der Waals surface area contributed by atoms with E-state index in [0.29, 0.717) is 5.56 Å². The fourth-order valence-corrected chi connectivity index (χ4v) is 2.39. The number of aryl methyl sites for hydroxylation is 1. The Labute approximate surface area is 113 Å². The van der Waals surface area contributed by atoms with E-state index in [4.69, 9.17) is 4.55 Å². The van der Waals surface area contributed by atoms with E-state index >= 15 is 0 Å². The zero-order valence-corrected chi connectivity index (χ0v) is 12.0. The maximum Gasteiger partial charge on any atom is 0.294 e. The average molecular weight is 282 g/mol. The molecule has 5 nitrogen and oxygen atoms in total. The van der Waals surface area contributed by atoms with Gasteiger partial charge in [-0.05, 0) is 24.5 Å². The van der Waals surface area contributed by atoms with Crippen molar-refractivity contribution in [1.82, 2.24) is 9.97 Å². The number of rotatable bonds is 2. The molecule has 0 atom stereocenters. The molecule has 2 aromatic rings. The van der Waals surface area contributed by atoms with Gasteiger partial charge in [-0.15, -0.1) is 0 Å². The van der Waals surface area contributed by atoms with Crippen molar-refractivity contribution in [1.29, 1.82) is 0 Å². The largest absolute Gasteiger partial charge is 0.349 e. The smallest absolute Gasteiger partial charge is 0.294 e. The van der Waals surface area contributed by atoms with Crippen LogP contribution in [-0.2, 0) is 10.1 Å². The van der Waals surface area contributed by atoms with Crippen LogP contribution in [0.1, 0.15) is 31.2 Å². The molecule has 1 aromatic heterocycles. The topological polar surface area (TPSA) is 83.1 Å². The maximum atomic E-state index is 10.9. The lowest BCUT2D eigenvalue weighted by Crippen LogP contribution is -2.03. The summed E-state index contributed by atoms with van der Waals surface area (Å²) in [5.74, 6) is 1.05. The van der Waals surface area contributed by atoms with Gasteiger partial charge < -0.3 is 4.98 Å². The molecule has 2 N–H and O–H groups in total. The van der Waals surface area contributed by atoms with Crippen molar-refractivity contribution in [3.63, 3.8) is 0 Å². The third-order valence-electron chi connectivity index (χ3n) is 2.45. The molecule has 2 rings (SSSR count). The zero-order valence-electron chi connectivity index (χ0n) is 11.2. The highest BCUT2D eigenvalue weighted by atomic mass is 32.2. The van der Waals surface area contributed by atoms with Crippen molar-refractivity contribution >= 4 is 10.1 Å². The van der Waals surface area contributed by atoms with Crippen LogP contribution < -0.4 is 0 Å². The Bertz CT molecular complexity index is 605. The highest BCUT2D eigenvalue weighted by molar-refractivity contribution is 7.85. The monoisotopic (exact) mass is 282 g/mol. The summed E-state index contributed by atoms with van der Waals surface area (Å²) < 4.78 is 30.7. The normalized spacial score (nSPS) is 11.0. The van der Waals surface area contributed by atoms with Crippen molar-refractivity contribution < 1.29 is 13.0 Å². The SMILES string of the molecule is CC(C)c1ccccc1S(=O)(=O)O.Cc1ncc[nH]1. The van der Waals surface area contributed by atoms with E-state index in [0.717, 1.165) is 5.82 Å². The third-order valence-corrected chi connectivity index (χ3v) is 3.38. The first-order valence-electron chi connectivity index (χ1n) is 5.84. The Hall–Kier alpha value is -1.66. The summed E-state index contributed by atoms with van der Waals surface area (Å²) in [5, 5.41) is 0. The molecule has 6 heteroatoms. The van der Waals surface area contributed by atoms with Gasteiger partial charge in [0, 0.05) is 12.4 Å². The van der Waals surface area contributed by atoms with E-state index in [-0.39, 0.29) is 10.8 Å². The first-order chi connectivity index (χ1) is 8.82. The van der Waals surface area contributed by atoms with Crippen LogP contribution in [0.4, 0.5) is 0 Å². The quantitative estimate of drug-likeness (QED) is 0.830. The van der Waals surface area contributed by atoms with Crippen LogP contribution >= 0.6 is 0 Å². The van der Waals surface area contributed by atoms with E-state index in [1.807, 2.05) is 20.8 Å². The van der Waals surface area contributed by atoms with Crippen molar-refractivity contribution in [3.8, 4) is 0 Å². The Morgan fingerprint density at radius 2 is 1.89 bits per heavy atom. The number of H-pyrrole nitrogens is 1. The van der Waals surface area contributed by atoms with Crippen LogP contribution in [0, 0.1) is 6.92 Å². The summed E-state index contributed by atoms with van der Waals surface area (Å²) >= 11 is 0. The standard InChI is InChI=1S/C9H12O3S.C4H6N2/c1-7(2)8-5-3-4-6-9(8)13(10,11)12;1-4-5-2-3-6-4/h3-7H,1-2H3,(H,10,11,12);2-3H,1H3,(H,5,6). The van der Waals surface area contributed by atoms with Gasteiger partial charge in [-0.1, -0.05) is 32.0 Å². The molecule has 0 spiro atoms. The first-order valence-corrected chi connectivity index (χ1v) is 7.28. The minimum absolute atomic E-state index is 0.00463. The maximum absolute atomic E-state index is 10.9. The van der Waals surface area contributed by atoms with Gasteiger partial charge in [0.15, 0.2) is 0 Å². The Balaban J connectivity index is 0.000000250. The molecule has 0 saturated carbocycles. The molecule has 0 radical (unpaired) electrons. The molecule has 1 aromatic carbocycles. The molecule has 0 aliphatic rings. The second kappa shape index (κ2) is 6.49. The van der Waals surface area contributed by atoms with Crippen molar-refractivity contribution in [2.45, 2.75) is 31.6 Å². The number of aromatic nitrogens is 2. The van der Waals surface area contributed by atoms with Crippen LogP contribution in [0.3, 0.4) is 0 Å². The van der Waals surface area contributed by atoms with Crippen LogP contribution in [-0.4, -0.2) is 22.9 Å². The molecule has 0 bridgehead atoms. The number of imidazole rings is 1. The van der Waals surface area contributed by atoms with Crippen molar-refractivity contribution in [2.24, 2.45) is 0 Å². The number of nitrogens with one attached hydrogen (secondary N) is 1. The Morgan fingerprint density at radius 3 is 2.21 bits per heavy atom. The predicted molar refractivity (Wildman–Crippen MR) is 73.7 cm³/mol. The third kappa shape index (κ3) is 4.84. The van der Waals surface area contributed by atoms with E-state index in [9.17, 15) is 8.42 Å². The van der Waals surface area contributed by atoms with E-state index in [1.54, 1.807) is 30.6 Å². The number of aromatic amines is 1. The minimum atomic E-state index is -4.08. The molecule has 0 fully saturated rings. The van der Waals surface area contributed by atoms with E-state index in [1.165, 1.54) is 6.07 Å². The van der Waals surface area contributed by atoms with E-state index < -0.39 is 10.1 Å². The van der Waals surface area contributed by atoms with Crippen LogP contribution in [0.2, 0.25) is 0 Å². The van der Waals surface area contributed by atoms with Crippen LogP contribution in [0.25, 0.3) is 0 Å². The molecule has 19 heavy (non-hydrogen) atoms. The van der Waals surface area contributed by atoms with Gasteiger partial charge in [-0.3, -0.25) is 4.55 Å². The molecule has 0 amide bonds. The summed E-state index contributed by atoms with van der Waals surface area (Å²) in [5.41, 5.74) is 0.644. The van der Waals surface area contributed by atoms with Gasteiger partial charge in [0.2, 0.25) is 0 Å². The van der Waals surface area contributed by atoms with Gasteiger partial charge in [0.25, 0.3) is 10.1 Å². The highest BCUT2D eigenvalue weighted by Crippen LogP contribution is 2.22. The molecule has 1 heterocycles. The molecular weight excluding hydrogens is 264 g/mol. The second-order valence-electron chi connectivity index (χ2n) is 4.34. The van der Waals surface area contributed by atoms with Crippen molar-refractivity contribution in [3.05, 3.63) is 48.0 Å². The van der Waals surface area contributed by atoms with Crippen molar-refractivity contribution in [2.75, 3.05) is 0 Å². The average Bonchev–Trinajstić information content (AvgIpc) is 2.80. The molecule has 0 saturated heterocycles. The molecule has 104 valence electrons. The highest BCUT2D eigenvalue weighted by Gasteiger charge is 2.15. The van der Waals surface area contributed by atoms with Crippen LogP contribution in [0.5, 0.6) is 0 Å². The molecule has 0 aliphatic carbocycles. The summed E-state index contributed by atoms with van der Waals surface area (Å²) in [6.45, 7) is 5.67. The predicted octanol–water partition coefficient (Wildman–Crippen LogP) is 2.77. The summed E-state index contributed by atoms with van der Waals surface area (Å²) in [6, 6.07) is 6.46. The lowest BCUT2D eigenvalue weighted by Gasteiger charge is -2.09. The zero-order chi connectivity index (χ0) is 14.5. The first kappa shape index (κ1) is 15.4. The fourth-order valence-electron chi connectivity index (χ4n) is 1.54. The minimum Gasteiger partial charge on any atom is -0.349 e. The second-order valence-corrected chi connectivity index (χ2v) is 5.73. The molecular formula is C13H18N2O3S. The lowest BCUT2D eigenvalue weighted by atomic mass is 10.0. The number of benzene rings is 1. The van der Waals surface area contributed by atoms with Gasteiger partial charge >= 0.3 is 0 Å². The molecule has 0 unspecified atom stereocenters. The van der Waals surface area contributed by atoms with Gasteiger partial charge in [-0.25, -0.2) is 4.98 Å². The van der Waals surface area contributed by atoms with Gasteiger partial charge in [-0.2, -0.15) is 8.42 Å². The summed E-state index contributed by atoms with van der Waals surface area (Å²) in [7, 11) is -4.08. The fraction of sp³-hybridized carbons (Fsp3) is 0.308. The summed E-state index contributed by atoms with van der Waals surface area (Å²) in [4.78, 5) is 6.75. The van der Waals surface area contributed by atoms with Crippen LogP contribution in [0.15, 0.2) is 41.6 Å². The summed E-state index contributed by atoms with van der Waals surface area (Å²) in [6.07, 6.45) is 3.53. The van der Waals surface area contributed by atoms with Gasteiger partial charge in [0.1, 0.15) is 5.82 Å². The number of hydrogen-bond acceptors (Lipinski definition) is 3. The lowest BCUT2D eigenvalue weighted by molar-refractivity contribution is 0.481.